The molecule has 1 aromatic heterocycles. The Bertz CT molecular complexity index is 371. The van der Waals surface area contributed by atoms with Gasteiger partial charge in [0.2, 0.25) is 0 Å². The second kappa shape index (κ2) is 6.77. The van der Waals surface area contributed by atoms with E-state index in [1.54, 1.807) is 7.11 Å². The molecule has 0 aromatic carbocycles. The molecule has 0 fully saturated rings. The van der Waals surface area contributed by atoms with Crippen molar-refractivity contribution in [1.29, 1.82) is 0 Å². The monoisotopic (exact) mass is 257 g/mol. The van der Waals surface area contributed by atoms with Gasteiger partial charge in [0.05, 0.1) is 12.6 Å². The van der Waals surface area contributed by atoms with E-state index in [1.165, 1.54) is 0 Å². The summed E-state index contributed by atoms with van der Waals surface area (Å²) in [5.41, 5.74) is 0.887. The molecule has 4 nitrogen and oxygen atoms in total. The van der Waals surface area contributed by atoms with Crippen LogP contribution in [0.15, 0.2) is 0 Å². The van der Waals surface area contributed by atoms with Crippen LogP contribution in [0.5, 0.6) is 0 Å². The minimum absolute atomic E-state index is 0.245. The van der Waals surface area contributed by atoms with Gasteiger partial charge in [0.1, 0.15) is 16.8 Å². The SMILES string of the molecule is CCc1nc(Cl)c(C)c(NC(CC)COC)n1. The summed E-state index contributed by atoms with van der Waals surface area (Å²) in [5.74, 6) is 1.57. The van der Waals surface area contributed by atoms with Gasteiger partial charge < -0.3 is 10.1 Å². The summed E-state index contributed by atoms with van der Waals surface area (Å²) in [6, 6.07) is 0.245. The van der Waals surface area contributed by atoms with E-state index in [0.717, 1.165) is 30.0 Å². The maximum atomic E-state index is 6.08. The first-order valence-electron chi connectivity index (χ1n) is 5.90. The smallest absolute Gasteiger partial charge is 0.137 e. The number of aryl methyl sites for hydroxylation is 1. The van der Waals surface area contributed by atoms with Crippen LogP contribution < -0.4 is 5.32 Å². The van der Waals surface area contributed by atoms with Crippen molar-refractivity contribution in [3.8, 4) is 0 Å². The van der Waals surface area contributed by atoms with Crippen LogP contribution in [0.25, 0.3) is 0 Å². The van der Waals surface area contributed by atoms with Crippen LogP contribution in [0.1, 0.15) is 31.7 Å². The third-order valence-corrected chi connectivity index (χ3v) is 3.02. The molecule has 0 aliphatic carbocycles. The second-order valence-corrected chi connectivity index (χ2v) is 4.32. The number of anilines is 1. The highest BCUT2D eigenvalue weighted by molar-refractivity contribution is 6.30. The molecule has 0 aliphatic heterocycles. The lowest BCUT2D eigenvalue weighted by Gasteiger charge is -2.18. The number of rotatable bonds is 6. The van der Waals surface area contributed by atoms with Gasteiger partial charge in [-0.05, 0) is 13.3 Å². The molecule has 1 unspecified atom stereocenters. The van der Waals surface area contributed by atoms with Crippen LogP contribution in [0.2, 0.25) is 5.15 Å². The summed E-state index contributed by atoms with van der Waals surface area (Å²) >= 11 is 6.08. The number of nitrogens with one attached hydrogen (secondary N) is 1. The molecule has 1 atom stereocenters. The van der Waals surface area contributed by atoms with Gasteiger partial charge in [0, 0.05) is 19.1 Å². The van der Waals surface area contributed by atoms with Crippen LogP contribution in [0.4, 0.5) is 5.82 Å². The topological polar surface area (TPSA) is 47.0 Å². The van der Waals surface area contributed by atoms with E-state index in [1.807, 2.05) is 13.8 Å². The summed E-state index contributed by atoms with van der Waals surface area (Å²) in [7, 11) is 1.70. The molecular formula is C12H20ClN3O. The van der Waals surface area contributed by atoms with Crippen LogP contribution in [-0.4, -0.2) is 29.7 Å². The number of hydrogen-bond acceptors (Lipinski definition) is 4. The maximum absolute atomic E-state index is 6.08. The molecule has 0 spiro atoms. The molecular weight excluding hydrogens is 238 g/mol. The molecule has 1 rings (SSSR count). The average Bonchev–Trinajstić information content (AvgIpc) is 2.33. The zero-order valence-electron chi connectivity index (χ0n) is 10.9. The van der Waals surface area contributed by atoms with Gasteiger partial charge in [0.25, 0.3) is 0 Å². The number of nitrogens with zero attached hydrogens (tertiary/aromatic N) is 2. The minimum Gasteiger partial charge on any atom is -0.383 e. The lowest BCUT2D eigenvalue weighted by atomic mass is 10.2. The molecule has 0 amide bonds. The number of halogens is 1. The highest BCUT2D eigenvalue weighted by Gasteiger charge is 2.12. The van der Waals surface area contributed by atoms with Crippen LogP contribution in [0.3, 0.4) is 0 Å². The van der Waals surface area contributed by atoms with Crippen molar-refractivity contribution in [3.05, 3.63) is 16.5 Å². The fourth-order valence-corrected chi connectivity index (χ4v) is 1.67. The lowest BCUT2D eigenvalue weighted by Crippen LogP contribution is -2.25. The van der Waals surface area contributed by atoms with Crippen molar-refractivity contribution in [2.45, 2.75) is 39.7 Å². The summed E-state index contributed by atoms with van der Waals surface area (Å²) in [4.78, 5) is 8.67. The molecule has 5 heteroatoms. The summed E-state index contributed by atoms with van der Waals surface area (Å²) in [5, 5.41) is 3.87. The van der Waals surface area contributed by atoms with E-state index in [0.29, 0.717) is 11.8 Å². The Morgan fingerprint density at radius 2 is 2.06 bits per heavy atom. The van der Waals surface area contributed by atoms with E-state index >= 15 is 0 Å². The summed E-state index contributed by atoms with van der Waals surface area (Å²) in [6.45, 7) is 6.69. The highest BCUT2D eigenvalue weighted by atomic mass is 35.5. The van der Waals surface area contributed by atoms with Crippen molar-refractivity contribution in [2.75, 3.05) is 19.0 Å². The quantitative estimate of drug-likeness (QED) is 0.796. The van der Waals surface area contributed by atoms with Gasteiger partial charge in [-0.2, -0.15) is 0 Å². The minimum atomic E-state index is 0.245. The molecule has 96 valence electrons. The first-order chi connectivity index (χ1) is 8.12. The zero-order valence-corrected chi connectivity index (χ0v) is 11.6. The largest absolute Gasteiger partial charge is 0.383 e. The Balaban J connectivity index is 2.92. The second-order valence-electron chi connectivity index (χ2n) is 3.96. The van der Waals surface area contributed by atoms with Gasteiger partial charge in [-0.3, -0.25) is 0 Å². The van der Waals surface area contributed by atoms with E-state index in [2.05, 4.69) is 22.2 Å². The first-order valence-corrected chi connectivity index (χ1v) is 6.28. The predicted molar refractivity (Wildman–Crippen MR) is 70.7 cm³/mol. The third-order valence-electron chi connectivity index (χ3n) is 2.65. The standard InChI is InChI=1S/C12H20ClN3O/c1-5-9(7-17-4)14-12-8(3)11(13)15-10(6-2)16-12/h9H,5-7H2,1-4H3,(H,14,15,16). The van der Waals surface area contributed by atoms with Gasteiger partial charge >= 0.3 is 0 Å². The Labute approximate surface area is 108 Å². The highest BCUT2D eigenvalue weighted by Crippen LogP contribution is 2.21. The maximum Gasteiger partial charge on any atom is 0.137 e. The molecule has 0 radical (unpaired) electrons. The molecule has 1 heterocycles. The van der Waals surface area contributed by atoms with Crippen LogP contribution in [-0.2, 0) is 11.2 Å². The molecule has 17 heavy (non-hydrogen) atoms. The molecule has 0 bridgehead atoms. The van der Waals surface area contributed by atoms with Crippen molar-refractivity contribution in [1.82, 2.24) is 9.97 Å². The Morgan fingerprint density at radius 3 is 2.59 bits per heavy atom. The Hall–Kier alpha value is -0.870. The van der Waals surface area contributed by atoms with E-state index in [4.69, 9.17) is 16.3 Å². The normalized spacial score (nSPS) is 12.5. The predicted octanol–water partition coefficient (Wildman–Crippen LogP) is 2.84. The number of ether oxygens (including phenoxy) is 1. The van der Waals surface area contributed by atoms with Gasteiger partial charge in [-0.25, -0.2) is 9.97 Å². The van der Waals surface area contributed by atoms with Crippen molar-refractivity contribution >= 4 is 17.4 Å². The Morgan fingerprint density at radius 1 is 1.35 bits per heavy atom. The van der Waals surface area contributed by atoms with Crippen molar-refractivity contribution < 1.29 is 4.74 Å². The van der Waals surface area contributed by atoms with Gasteiger partial charge in [0.15, 0.2) is 0 Å². The van der Waals surface area contributed by atoms with Crippen LogP contribution >= 0.6 is 11.6 Å². The number of methoxy groups -OCH3 is 1. The molecule has 0 saturated carbocycles. The van der Waals surface area contributed by atoms with Crippen molar-refractivity contribution in [3.63, 3.8) is 0 Å². The summed E-state index contributed by atoms with van der Waals surface area (Å²) < 4.78 is 5.15. The lowest BCUT2D eigenvalue weighted by molar-refractivity contribution is 0.184. The van der Waals surface area contributed by atoms with Crippen LogP contribution in [0, 0.1) is 6.92 Å². The number of aromatic nitrogens is 2. The molecule has 0 aliphatic rings. The van der Waals surface area contributed by atoms with E-state index < -0.39 is 0 Å². The Kier molecular flexibility index (Phi) is 5.65. The van der Waals surface area contributed by atoms with E-state index in [-0.39, 0.29) is 6.04 Å². The average molecular weight is 258 g/mol. The van der Waals surface area contributed by atoms with Gasteiger partial charge in [-0.15, -0.1) is 0 Å². The molecule has 1 aromatic rings. The summed E-state index contributed by atoms with van der Waals surface area (Å²) in [6.07, 6.45) is 1.74. The van der Waals surface area contributed by atoms with Crippen molar-refractivity contribution in [2.24, 2.45) is 0 Å². The third kappa shape index (κ3) is 3.82. The fraction of sp³-hybridized carbons (Fsp3) is 0.667. The first kappa shape index (κ1) is 14.2. The molecule has 0 saturated heterocycles. The number of hydrogen-bond donors (Lipinski definition) is 1. The zero-order chi connectivity index (χ0) is 12.8. The van der Waals surface area contributed by atoms with E-state index in [9.17, 15) is 0 Å². The van der Waals surface area contributed by atoms with Gasteiger partial charge in [-0.1, -0.05) is 25.4 Å². The fourth-order valence-electron chi connectivity index (χ4n) is 1.49. The molecule has 1 N–H and O–H groups in total.